The third-order valence-electron chi connectivity index (χ3n) is 5.81. The lowest BCUT2D eigenvalue weighted by Crippen LogP contribution is -2.45. The number of aliphatic imine (C=N–C) groups is 1. The Balaban J connectivity index is 1.45. The van der Waals surface area contributed by atoms with E-state index in [1.807, 2.05) is 0 Å². The molecule has 0 bridgehead atoms. The zero-order valence-corrected chi connectivity index (χ0v) is 20.2. The molecule has 1 saturated carbocycles. The second-order valence-electron chi connectivity index (χ2n) is 8.56. The third-order valence-corrected chi connectivity index (χ3v) is 6.02. The predicted molar refractivity (Wildman–Crippen MR) is 134 cm³/mol. The van der Waals surface area contributed by atoms with Crippen LogP contribution in [-0.4, -0.2) is 34.8 Å². The summed E-state index contributed by atoms with van der Waals surface area (Å²) in [6.45, 7) is 0. The van der Waals surface area contributed by atoms with Gasteiger partial charge in [0.15, 0.2) is 11.6 Å². The maximum absolute atomic E-state index is 13.8. The van der Waals surface area contributed by atoms with Gasteiger partial charge >= 0.3 is 0 Å². The first-order valence-electron chi connectivity index (χ1n) is 11.6. The summed E-state index contributed by atoms with van der Waals surface area (Å²) in [6.07, 6.45) is 4.14. The predicted octanol–water partition coefficient (Wildman–Crippen LogP) is 5.09. The van der Waals surface area contributed by atoms with E-state index in [1.54, 1.807) is 24.4 Å². The molecule has 2 amide bonds. The summed E-state index contributed by atoms with van der Waals surface area (Å²) in [5, 5.41) is 9.09. The zero-order chi connectivity index (χ0) is 26.4. The van der Waals surface area contributed by atoms with Crippen molar-refractivity contribution < 1.29 is 22.8 Å². The van der Waals surface area contributed by atoms with Crippen molar-refractivity contribution in [2.75, 3.05) is 5.32 Å². The Morgan fingerprint density at radius 3 is 2.27 bits per heavy atom. The van der Waals surface area contributed by atoms with Crippen LogP contribution in [0.15, 0.2) is 65.8 Å². The maximum atomic E-state index is 13.8. The number of aromatic nitrogens is 1. The molecular weight excluding hydrogens is 507 g/mol. The fourth-order valence-electron chi connectivity index (χ4n) is 3.99. The largest absolute Gasteiger partial charge is 0.353 e. The molecule has 1 aromatic heterocycles. The van der Waals surface area contributed by atoms with Crippen LogP contribution in [0.3, 0.4) is 0 Å². The molecule has 1 heterocycles. The minimum Gasteiger partial charge on any atom is -0.353 e. The van der Waals surface area contributed by atoms with Crippen molar-refractivity contribution in [2.45, 2.75) is 37.8 Å². The number of carbonyl (C=O) groups excluding carboxylic acids is 2. The SMILES string of the molecule is O=C(/N=C(/Nc1cc(F)cc(Cl)c1)NC1CCC(NC(=O)c2ccccn2)CC1)c1ccc(F)c(F)c1. The van der Waals surface area contributed by atoms with E-state index >= 15 is 0 Å². The molecule has 1 aliphatic rings. The van der Waals surface area contributed by atoms with Crippen LogP contribution in [0.5, 0.6) is 0 Å². The molecular formula is C26H23ClF3N5O2. The summed E-state index contributed by atoms with van der Waals surface area (Å²) in [5.74, 6) is -3.93. The molecule has 0 spiro atoms. The molecule has 7 nitrogen and oxygen atoms in total. The summed E-state index contributed by atoms with van der Waals surface area (Å²) < 4.78 is 40.8. The van der Waals surface area contributed by atoms with E-state index in [9.17, 15) is 22.8 Å². The normalized spacial score (nSPS) is 17.7. The average Bonchev–Trinajstić information content (AvgIpc) is 2.86. The van der Waals surface area contributed by atoms with Gasteiger partial charge in [0.05, 0.1) is 0 Å². The highest BCUT2D eigenvalue weighted by molar-refractivity contribution is 6.31. The van der Waals surface area contributed by atoms with Crippen LogP contribution < -0.4 is 16.0 Å². The summed E-state index contributed by atoms with van der Waals surface area (Å²) >= 11 is 5.94. The number of carbonyl (C=O) groups is 2. The molecule has 0 atom stereocenters. The Hall–Kier alpha value is -3.92. The Kier molecular flexibility index (Phi) is 8.39. The van der Waals surface area contributed by atoms with Crippen molar-refractivity contribution >= 4 is 35.1 Å². The van der Waals surface area contributed by atoms with Crippen LogP contribution in [0.25, 0.3) is 0 Å². The highest BCUT2D eigenvalue weighted by atomic mass is 35.5. The van der Waals surface area contributed by atoms with E-state index in [1.165, 1.54) is 12.1 Å². The fourth-order valence-corrected chi connectivity index (χ4v) is 4.21. The molecule has 4 rings (SSSR count). The van der Waals surface area contributed by atoms with Crippen LogP contribution in [-0.2, 0) is 0 Å². The van der Waals surface area contributed by atoms with Crippen molar-refractivity contribution in [1.82, 2.24) is 15.6 Å². The van der Waals surface area contributed by atoms with E-state index in [2.05, 4.69) is 25.9 Å². The highest BCUT2D eigenvalue weighted by Crippen LogP contribution is 2.21. The highest BCUT2D eigenvalue weighted by Gasteiger charge is 2.24. The number of hydrogen-bond donors (Lipinski definition) is 3. The molecule has 1 fully saturated rings. The molecule has 11 heteroatoms. The topological polar surface area (TPSA) is 95.5 Å². The van der Waals surface area contributed by atoms with Crippen LogP contribution in [0.1, 0.15) is 46.5 Å². The van der Waals surface area contributed by atoms with Gasteiger partial charge in [-0.15, -0.1) is 0 Å². The molecule has 3 N–H and O–H groups in total. The van der Waals surface area contributed by atoms with Crippen LogP contribution in [0.2, 0.25) is 5.02 Å². The van der Waals surface area contributed by atoms with Gasteiger partial charge in [0.2, 0.25) is 5.96 Å². The van der Waals surface area contributed by atoms with Crippen molar-refractivity contribution in [3.8, 4) is 0 Å². The first kappa shape index (κ1) is 26.2. The Labute approximate surface area is 216 Å². The quantitative estimate of drug-likeness (QED) is 0.316. The monoisotopic (exact) mass is 529 g/mol. The van der Waals surface area contributed by atoms with Gasteiger partial charge in [0, 0.05) is 34.6 Å². The van der Waals surface area contributed by atoms with Crippen LogP contribution in [0, 0.1) is 17.5 Å². The Morgan fingerprint density at radius 2 is 1.62 bits per heavy atom. The van der Waals surface area contributed by atoms with E-state index in [0.29, 0.717) is 31.4 Å². The molecule has 2 aromatic carbocycles. The Bertz CT molecular complexity index is 1290. The van der Waals surface area contributed by atoms with Gasteiger partial charge < -0.3 is 16.0 Å². The minimum atomic E-state index is -1.17. The van der Waals surface area contributed by atoms with Gasteiger partial charge in [-0.25, -0.2) is 13.2 Å². The van der Waals surface area contributed by atoms with Gasteiger partial charge in [0.1, 0.15) is 11.5 Å². The average molecular weight is 530 g/mol. The molecule has 37 heavy (non-hydrogen) atoms. The van der Waals surface area contributed by atoms with Gasteiger partial charge in [-0.05, 0) is 74.2 Å². The number of pyridine rings is 1. The molecule has 1 aliphatic carbocycles. The van der Waals surface area contributed by atoms with Crippen molar-refractivity contribution in [3.05, 3.63) is 94.5 Å². The van der Waals surface area contributed by atoms with Gasteiger partial charge in [-0.3, -0.25) is 14.6 Å². The third kappa shape index (κ3) is 7.29. The first-order chi connectivity index (χ1) is 17.8. The van der Waals surface area contributed by atoms with Crippen molar-refractivity contribution in [2.24, 2.45) is 4.99 Å². The molecule has 0 unspecified atom stereocenters. The van der Waals surface area contributed by atoms with Crippen LogP contribution >= 0.6 is 11.6 Å². The zero-order valence-electron chi connectivity index (χ0n) is 19.5. The number of hydrogen-bond acceptors (Lipinski definition) is 3. The van der Waals surface area contributed by atoms with E-state index < -0.39 is 23.4 Å². The standard InChI is InChI=1S/C26H23ClF3N5O2/c27-16-12-17(28)14-20(13-16)34-26(35-24(36)15-4-9-21(29)22(30)11-15)33-19-7-5-18(6-8-19)32-25(37)23-3-1-2-10-31-23/h1-4,9-14,18-19H,5-8H2,(H,32,37)(H2,33,34,35,36). The van der Waals surface area contributed by atoms with Gasteiger partial charge in [-0.2, -0.15) is 4.99 Å². The molecule has 3 aromatic rings. The molecule has 0 aliphatic heterocycles. The van der Waals surface area contributed by atoms with E-state index in [-0.39, 0.29) is 40.2 Å². The smallest absolute Gasteiger partial charge is 0.280 e. The minimum absolute atomic E-state index is 0.00243. The number of amides is 2. The molecule has 192 valence electrons. The molecule has 0 saturated heterocycles. The second-order valence-corrected chi connectivity index (χ2v) is 9.00. The van der Waals surface area contributed by atoms with Crippen molar-refractivity contribution in [3.63, 3.8) is 0 Å². The lowest BCUT2D eigenvalue weighted by molar-refractivity contribution is 0.0918. The summed E-state index contributed by atoms with van der Waals surface area (Å²) in [7, 11) is 0. The van der Waals surface area contributed by atoms with Gasteiger partial charge in [0.25, 0.3) is 11.8 Å². The number of anilines is 1. The number of nitrogens with one attached hydrogen (secondary N) is 3. The Morgan fingerprint density at radius 1 is 0.892 bits per heavy atom. The maximum Gasteiger partial charge on any atom is 0.280 e. The summed E-state index contributed by atoms with van der Waals surface area (Å²) in [6, 6.07) is 11.4. The molecule has 0 radical (unpaired) electrons. The number of guanidine groups is 1. The van der Waals surface area contributed by atoms with E-state index in [4.69, 9.17) is 11.6 Å². The van der Waals surface area contributed by atoms with Crippen molar-refractivity contribution in [1.29, 1.82) is 0 Å². The summed E-state index contributed by atoms with van der Waals surface area (Å²) in [5.41, 5.74) is 0.426. The summed E-state index contributed by atoms with van der Waals surface area (Å²) in [4.78, 5) is 33.1. The van der Waals surface area contributed by atoms with Crippen LogP contribution in [0.4, 0.5) is 18.9 Å². The number of nitrogens with zero attached hydrogens (tertiary/aromatic N) is 2. The number of halogens is 4. The number of benzene rings is 2. The van der Waals surface area contributed by atoms with E-state index in [0.717, 1.165) is 24.3 Å². The lowest BCUT2D eigenvalue weighted by atomic mass is 9.91. The van der Waals surface area contributed by atoms with Gasteiger partial charge in [-0.1, -0.05) is 17.7 Å². The fraction of sp³-hybridized carbons (Fsp3) is 0.231. The second kappa shape index (κ2) is 11.9. The first-order valence-corrected chi connectivity index (χ1v) is 11.9. The number of rotatable bonds is 5. The lowest BCUT2D eigenvalue weighted by Gasteiger charge is -2.30.